The molecular formula is C26H33Cl2N3O5S. The lowest BCUT2D eigenvalue weighted by molar-refractivity contribution is -0.139. The van der Waals surface area contributed by atoms with E-state index in [1.807, 2.05) is 0 Å². The van der Waals surface area contributed by atoms with Gasteiger partial charge in [0.05, 0.1) is 28.6 Å². The zero-order valence-electron chi connectivity index (χ0n) is 21.2. The molecule has 2 aromatic carbocycles. The molecule has 0 bridgehead atoms. The van der Waals surface area contributed by atoms with Crippen LogP contribution < -0.4 is 14.4 Å². The standard InChI is InChI=1S/C26H33Cl2N3O5S/c1-4-36-24-12-8-7-11-23(24)31(37(3,34)35)17-25(32)30(16-19-13-14-21(27)22(28)15-19)18(2)26(33)29-20-9-5-6-10-20/h7-8,11-15,18,20H,4-6,9-10,16-17H2,1-3H3,(H,29,33). The van der Waals surface area contributed by atoms with Crippen LogP contribution in [0.2, 0.25) is 10.0 Å². The number of hydrogen-bond donors (Lipinski definition) is 1. The third-order valence-electron chi connectivity index (χ3n) is 6.32. The second-order valence-corrected chi connectivity index (χ2v) is 11.8. The first-order chi connectivity index (χ1) is 17.5. The van der Waals surface area contributed by atoms with E-state index in [-0.39, 0.29) is 24.2 Å². The van der Waals surface area contributed by atoms with Crippen molar-refractivity contribution >= 4 is 50.7 Å². The van der Waals surface area contributed by atoms with Crippen molar-refractivity contribution in [3.05, 3.63) is 58.1 Å². The van der Waals surface area contributed by atoms with Crippen molar-refractivity contribution in [2.75, 3.05) is 23.7 Å². The molecule has 1 fully saturated rings. The SMILES string of the molecule is CCOc1ccccc1N(CC(=O)N(Cc1ccc(Cl)c(Cl)c1)C(C)C(=O)NC1CCCC1)S(C)(=O)=O. The Kier molecular flexibility index (Phi) is 10.1. The number of nitrogens with zero attached hydrogens (tertiary/aromatic N) is 2. The van der Waals surface area contributed by atoms with Gasteiger partial charge in [-0.05, 0) is 56.5 Å². The number of para-hydroxylation sites is 2. The van der Waals surface area contributed by atoms with Crippen LogP contribution in [0.25, 0.3) is 0 Å². The predicted molar refractivity (Wildman–Crippen MR) is 147 cm³/mol. The van der Waals surface area contributed by atoms with Crippen LogP contribution in [0.15, 0.2) is 42.5 Å². The van der Waals surface area contributed by atoms with Gasteiger partial charge in [0.2, 0.25) is 21.8 Å². The maximum atomic E-state index is 13.7. The Labute approximate surface area is 228 Å². The molecule has 0 spiro atoms. The number of anilines is 1. The molecule has 1 saturated carbocycles. The molecule has 1 aliphatic carbocycles. The number of amides is 2. The maximum Gasteiger partial charge on any atom is 0.244 e. The Hall–Kier alpha value is -2.49. The van der Waals surface area contributed by atoms with Gasteiger partial charge in [0.1, 0.15) is 18.3 Å². The molecular weight excluding hydrogens is 537 g/mol. The highest BCUT2D eigenvalue weighted by atomic mass is 35.5. The number of ether oxygens (including phenoxy) is 1. The summed E-state index contributed by atoms with van der Waals surface area (Å²) in [6.45, 7) is 3.28. The van der Waals surface area contributed by atoms with Crippen LogP contribution in [0, 0.1) is 0 Å². The van der Waals surface area contributed by atoms with E-state index in [2.05, 4.69) is 5.32 Å². The molecule has 37 heavy (non-hydrogen) atoms. The summed E-state index contributed by atoms with van der Waals surface area (Å²) in [7, 11) is -3.87. The van der Waals surface area contributed by atoms with Crippen LogP contribution >= 0.6 is 23.2 Å². The minimum atomic E-state index is -3.87. The van der Waals surface area contributed by atoms with Gasteiger partial charge < -0.3 is 15.0 Å². The number of nitrogens with one attached hydrogen (secondary N) is 1. The van der Waals surface area contributed by atoms with Crippen LogP contribution in [-0.4, -0.2) is 56.6 Å². The maximum absolute atomic E-state index is 13.7. The average Bonchev–Trinajstić information content (AvgIpc) is 3.35. The normalized spacial score (nSPS) is 14.7. The lowest BCUT2D eigenvalue weighted by Gasteiger charge is -2.32. The average molecular weight is 571 g/mol. The quantitative estimate of drug-likeness (QED) is 0.425. The Morgan fingerprint density at radius 1 is 1.11 bits per heavy atom. The van der Waals surface area contributed by atoms with Gasteiger partial charge in [-0.2, -0.15) is 0 Å². The number of rotatable bonds is 11. The second-order valence-electron chi connectivity index (χ2n) is 9.11. The summed E-state index contributed by atoms with van der Waals surface area (Å²) in [6, 6.07) is 10.8. The molecule has 0 aliphatic heterocycles. The van der Waals surface area contributed by atoms with Gasteiger partial charge in [0.15, 0.2) is 0 Å². The van der Waals surface area contributed by atoms with Crippen molar-refractivity contribution in [1.29, 1.82) is 0 Å². The molecule has 1 N–H and O–H groups in total. The van der Waals surface area contributed by atoms with Gasteiger partial charge in [-0.15, -0.1) is 0 Å². The summed E-state index contributed by atoms with van der Waals surface area (Å²) in [6.07, 6.45) is 4.93. The van der Waals surface area contributed by atoms with E-state index in [1.165, 1.54) is 4.90 Å². The number of carbonyl (C=O) groups is 2. The van der Waals surface area contributed by atoms with E-state index >= 15 is 0 Å². The highest BCUT2D eigenvalue weighted by Crippen LogP contribution is 2.30. The monoisotopic (exact) mass is 569 g/mol. The Bertz CT molecular complexity index is 1220. The molecule has 0 heterocycles. The Morgan fingerprint density at radius 2 is 1.78 bits per heavy atom. The largest absolute Gasteiger partial charge is 0.492 e. The summed E-state index contributed by atoms with van der Waals surface area (Å²) >= 11 is 12.2. The van der Waals surface area contributed by atoms with Gasteiger partial charge in [-0.25, -0.2) is 8.42 Å². The molecule has 0 saturated heterocycles. The van der Waals surface area contributed by atoms with E-state index in [0.717, 1.165) is 36.2 Å². The first kappa shape index (κ1) is 29.1. The number of hydrogen-bond acceptors (Lipinski definition) is 5. The molecule has 11 heteroatoms. The lowest BCUT2D eigenvalue weighted by atomic mass is 10.1. The van der Waals surface area contributed by atoms with Crippen LogP contribution in [0.1, 0.15) is 45.1 Å². The fraction of sp³-hybridized carbons (Fsp3) is 0.462. The summed E-state index contributed by atoms with van der Waals surface area (Å²) in [5, 5.41) is 3.71. The van der Waals surface area contributed by atoms with Crippen molar-refractivity contribution in [1.82, 2.24) is 10.2 Å². The first-order valence-corrected chi connectivity index (χ1v) is 14.8. The molecule has 2 aromatic rings. The topological polar surface area (TPSA) is 96.0 Å². The van der Waals surface area contributed by atoms with Gasteiger partial charge in [-0.1, -0.05) is 54.2 Å². The summed E-state index contributed by atoms with van der Waals surface area (Å²) in [4.78, 5) is 28.2. The van der Waals surface area contributed by atoms with Gasteiger partial charge in [0, 0.05) is 12.6 Å². The van der Waals surface area contributed by atoms with Gasteiger partial charge in [-0.3, -0.25) is 13.9 Å². The van der Waals surface area contributed by atoms with Gasteiger partial charge >= 0.3 is 0 Å². The summed E-state index contributed by atoms with van der Waals surface area (Å²) in [5.74, 6) is -0.496. The minimum Gasteiger partial charge on any atom is -0.492 e. The van der Waals surface area contributed by atoms with E-state index in [1.54, 1.807) is 56.3 Å². The second kappa shape index (κ2) is 12.8. The number of sulfonamides is 1. The lowest BCUT2D eigenvalue weighted by Crippen LogP contribution is -2.52. The molecule has 3 rings (SSSR count). The van der Waals surface area contributed by atoms with Crippen LogP contribution in [0.3, 0.4) is 0 Å². The van der Waals surface area contributed by atoms with Crippen LogP contribution in [0.4, 0.5) is 5.69 Å². The minimum absolute atomic E-state index is 0.0414. The Balaban J connectivity index is 1.93. The fourth-order valence-electron chi connectivity index (χ4n) is 4.34. The van der Waals surface area contributed by atoms with Gasteiger partial charge in [0.25, 0.3) is 0 Å². The van der Waals surface area contributed by atoms with E-state index < -0.39 is 28.5 Å². The predicted octanol–water partition coefficient (Wildman–Crippen LogP) is 4.63. The molecule has 1 aliphatic rings. The first-order valence-electron chi connectivity index (χ1n) is 12.2. The molecule has 202 valence electrons. The van der Waals surface area contributed by atoms with Crippen molar-refractivity contribution in [2.45, 2.75) is 58.2 Å². The highest BCUT2D eigenvalue weighted by Gasteiger charge is 2.32. The van der Waals surface area contributed by atoms with Crippen LogP contribution in [-0.2, 0) is 26.2 Å². The molecule has 1 unspecified atom stereocenters. The third kappa shape index (κ3) is 7.75. The molecule has 0 radical (unpaired) electrons. The van der Waals surface area contributed by atoms with E-state index in [0.29, 0.717) is 28.0 Å². The highest BCUT2D eigenvalue weighted by molar-refractivity contribution is 7.92. The van der Waals surface area contributed by atoms with Crippen molar-refractivity contribution in [3.63, 3.8) is 0 Å². The molecule has 0 aromatic heterocycles. The van der Waals surface area contributed by atoms with Crippen molar-refractivity contribution in [2.24, 2.45) is 0 Å². The number of halogens is 2. The van der Waals surface area contributed by atoms with E-state index in [4.69, 9.17) is 27.9 Å². The third-order valence-corrected chi connectivity index (χ3v) is 8.18. The van der Waals surface area contributed by atoms with E-state index in [9.17, 15) is 18.0 Å². The summed E-state index contributed by atoms with van der Waals surface area (Å²) < 4.78 is 32.2. The number of carbonyl (C=O) groups excluding carboxylic acids is 2. The number of benzene rings is 2. The summed E-state index contributed by atoms with van der Waals surface area (Å²) in [5.41, 5.74) is 0.904. The zero-order chi connectivity index (χ0) is 27.2. The smallest absolute Gasteiger partial charge is 0.244 e. The van der Waals surface area contributed by atoms with Crippen molar-refractivity contribution < 1.29 is 22.7 Å². The zero-order valence-corrected chi connectivity index (χ0v) is 23.6. The molecule has 8 nitrogen and oxygen atoms in total. The van der Waals surface area contributed by atoms with Crippen molar-refractivity contribution in [3.8, 4) is 5.75 Å². The molecule has 1 atom stereocenters. The Morgan fingerprint density at radius 3 is 2.41 bits per heavy atom. The van der Waals surface area contributed by atoms with Crippen LogP contribution in [0.5, 0.6) is 5.75 Å². The fourth-order valence-corrected chi connectivity index (χ4v) is 5.52. The molecule has 2 amide bonds.